The smallest absolute Gasteiger partial charge is 0.167 e. The molecule has 7 heteroatoms. The van der Waals surface area contributed by atoms with Gasteiger partial charge >= 0.3 is 0 Å². The van der Waals surface area contributed by atoms with Crippen LogP contribution in [0, 0.1) is 0 Å². The van der Waals surface area contributed by atoms with Crippen LogP contribution in [0.5, 0.6) is 0 Å². The molecule has 2 aromatic carbocycles. The molecular formula is C30H25FN6. The predicted molar refractivity (Wildman–Crippen MR) is 141 cm³/mol. The van der Waals surface area contributed by atoms with Gasteiger partial charge in [0.25, 0.3) is 0 Å². The average molecular weight is 489 g/mol. The van der Waals surface area contributed by atoms with Crippen molar-refractivity contribution in [3.05, 3.63) is 137 Å². The third-order valence-corrected chi connectivity index (χ3v) is 7.53. The Morgan fingerprint density at radius 1 is 0.946 bits per heavy atom. The van der Waals surface area contributed by atoms with Crippen molar-refractivity contribution in [2.45, 2.75) is 30.3 Å². The number of aromatic amines is 2. The van der Waals surface area contributed by atoms with Crippen molar-refractivity contribution in [1.29, 1.82) is 0 Å². The molecule has 4 heterocycles. The van der Waals surface area contributed by atoms with Crippen LogP contribution in [0.2, 0.25) is 0 Å². The summed E-state index contributed by atoms with van der Waals surface area (Å²) < 4.78 is 13.5. The van der Waals surface area contributed by atoms with E-state index in [1.807, 2.05) is 24.4 Å². The fourth-order valence-corrected chi connectivity index (χ4v) is 5.78. The Balaban J connectivity index is 1.41. The quantitative estimate of drug-likeness (QED) is 0.301. The van der Waals surface area contributed by atoms with Gasteiger partial charge in [-0.25, -0.2) is 9.37 Å². The van der Waals surface area contributed by atoms with Crippen LogP contribution in [0.1, 0.15) is 52.4 Å². The summed E-state index contributed by atoms with van der Waals surface area (Å²) in [5.74, 6) is 1.21. The largest absolute Gasteiger partial charge is 0.356 e. The highest BCUT2D eigenvalue weighted by atomic mass is 19.1. The number of pyridine rings is 1. The first kappa shape index (κ1) is 21.9. The molecule has 0 amide bonds. The van der Waals surface area contributed by atoms with E-state index in [4.69, 9.17) is 4.98 Å². The molecule has 0 saturated heterocycles. The molecular weight excluding hydrogens is 463 g/mol. The lowest BCUT2D eigenvalue weighted by atomic mass is 9.74. The summed E-state index contributed by atoms with van der Waals surface area (Å²) in [5, 5.41) is 12.9. The minimum Gasteiger partial charge on any atom is -0.356 e. The fraction of sp³-hybridized carbons (Fsp3) is 0.167. The maximum atomic E-state index is 13.5. The van der Waals surface area contributed by atoms with Crippen LogP contribution in [0.3, 0.4) is 0 Å². The molecule has 3 N–H and O–H groups in total. The third kappa shape index (κ3) is 3.54. The van der Waals surface area contributed by atoms with Crippen molar-refractivity contribution in [3.63, 3.8) is 0 Å². The van der Waals surface area contributed by atoms with E-state index in [9.17, 15) is 4.39 Å². The molecule has 3 aromatic heterocycles. The first-order valence-corrected chi connectivity index (χ1v) is 12.5. The van der Waals surface area contributed by atoms with E-state index < -0.39 is 5.54 Å². The van der Waals surface area contributed by atoms with Crippen LogP contribution < -0.4 is 5.32 Å². The van der Waals surface area contributed by atoms with Crippen LogP contribution in [0.15, 0.2) is 103 Å². The van der Waals surface area contributed by atoms with Crippen molar-refractivity contribution >= 4 is 10.9 Å². The number of nitrogens with zero attached hydrogens (tertiary/aromatic N) is 3. The number of benzene rings is 2. The maximum absolute atomic E-state index is 13.5. The lowest BCUT2D eigenvalue weighted by Crippen LogP contribution is -2.51. The molecule has 7 rings (SSSR count). The molecule has 3 unspecified atom stereocenters. The van der Waals surface area contributed by atoms with Crippen molar-refractivity contribution < 1.29 is 4.39 Å². The molecule has 0 bridgehead atoms. The van der Waals surface area contributed by atoms with Gasteiger partial charge in [0.05, 0.1) is 6.04 Å². The number of rotatable bonds is 4. The number of H-pyrrole nitrogens is 2. The Morgan fingerprint density at radius 2 is 1.78 bits per heavy atom. The third-order valence-electron chi connectivity index (χ3n) is 7.53. The van der Waals surface area contributed by atoms with Gasteiger partial charge in [0.2, 0.25) is 0 Å². The Morgan fingerprint density at radius 3 is 2.59 bits per heavy atom. The fourth-order valence-electron chi connectivity index (χ4n) is 5.78. The van der Waals surface area contributed by atoms with Gasteiger partial charge in [0.1, 0.15) is 17.2 Å². The van der Waals surface area contributed by atoms with Gasteiger partial charge in [0, 0.05) is 40.5 Å². The number of aromatic nitrogens is 5. The molecule has 0 fully saturated rings. The number of para-hydroxylation sites is 1. The van der Waals surface area contributed by atoms with E-state index in [0.29, 0.717) is 12.2 Å². The molecule has 1 aliphatic carbocycles. The summed E-state index contributed by atoms with van der Waals surface area (Å²) >= 11 is 0. The molecule has 2 aliphatic rings. The summed E-state index contributed by atoms with van der Waals surface area (Å²) in [6.07, 6.45) is 9.93. The zero-order chi connectivity index (χ0) is 24.8. The number of nitrogens with one attached hydrogen (secondary N) is 3. The van der Waals surface area contributed by atoms with Crippen molar-refractivity contribution in [2.24, 2.45) is 0 Å². The Labute approximate surface area is 213 Å². The van der Waals surface area contributed by atoms with Gasteiger partial charge in [0.15, 0.2) is 5.82 Å². The lowest BCUT2D eigenvalue weighted by Gasteiger charge is -2.42. The molecule has 1 aliphatic heterocycles. The number of hydrogen-bond acceptors (Lipinski definition) is 4. The summed E-state index contributed by atoms with van der Waals surface area (Å²) in [4.78, 5) is 13.2. The molecule has 6 nitrogen and oxygen atoms in total. The Bertz CT molecular complexity index is 1590. The van der Waals surface area contributed by atoms with Gasteiger partial charge in [-0.2, -0.15) is 5.10 Å². The molecule has 37 heavy (non-hydrogen) atoms. The van der Waals surface area contributed by atoms with Gasteiger partial charge in [-0.3, -0.25) is 15.4 Å². The summed E-state index contributed by atoms with van der Waals surface area (Å²) in [7, 11) is 0. The summed E-state index contributed by atoms with van der Waals surface area (Å²) in [6.45, 7) is 0. The summed E-state index contributed by atoms with van der Waals surface area (Å²) in [6, 6.07) is 22.8. The van der Waals surface area contributed by atoms with E-state index in [1.54, 1.807) is 12.3 Å². The topological polar surface area (TPSA) is 82.3 Å². The molecule has 3 atom stereocenters. The maximum Gasteiger partial charge on any atom is 0.167 e. The Hall–Kier alpha value is -4.36. The highest BCUT2D eigenvalue weighted by molar-refractivity contribution is 5.86. The first-order valence-electron chi connectivity index (χ1n) is 12.5. The van der Waals surface area contributed by atoms with E-state index >= 15 is 0 Å². The van der Waals surface area contributed by atoms with Gasteiger partial charge < -0.3 is 4.98 Å². The monoisotopic (exact) mass is 488 g/mol. The number of fused-ring (bicyclic) bond motifs is 3. The van der Waals surface area contributed by atoms with Crippen molar-refractivity contribution in [3.8, 4) is 0 Å². The molecule has 0 radical (unpaired) electrons. The second kappa shape index (κ2) is 8.64. The van der Waals surface area contributed by atoms with E-state index in [-0.39, 0.29) is 17.8 Å². The van der Waals surface area contributed by atoms with E-state index in [2.05, 4.69) is 80.1 Å². The zero-order valence-corrected chi connectivity index (χ0v) is 20.0. The zero-order valence-electron chi connectivity index (χ0n) is 20.0. The average Bonchev–Trinajstić information content (AvgIpc) is 3.60. The van der Waals surface area contributed by atoms with Gasteiger partial charge in [-0.05, 0) is 48.3 Å². The highest BCUT2D eigenvalue weighted by Crippen LogP contribution is 2.46. The summed E-state index contributed by atoms with van der Waals surface area (Å²) in [5.41, 5.74) is 4.88. The molecule has 182 valence electrons. The van der Waals surface area contributed by atoms with Crippen LogP contribution in [-0.4, -0.2) is 25.1 Å². The lowest BCUT2D eigenvalue weighted by molar-refractivity contribution is 0.350. The Kier molecular flexibility index (Phi) is 5.11. The minimum absolute atomic E-state index is 0.0230. The van der Waals surface area contributed by atoms with Gasteiger partial charge in [-0.15, -0.1) is 0 Å². The van der Waals surface area contributed by atoms with Crippen LogP contribution in [-0.2, 0) is 12.0 Å². The normalized spacial score (nSPS) is 23.1. The SMILES string of the molecule is FC1=CCC(c2nc(C3Cc4c([nH]c5ccccc45)C(c4ccccc4)(c4cccnc4)N3)n[nH]2)C=C1. The second-order valence-corrected chi connectivity index (χ2v) is 9.65. The number of allylic oxidation sites excluding steroid dienone is 4. The predicted octanol–water partition coefficient (Wildman–Crippen LogP) is 5.76. The number of hydrogen-bond donors (Lipinski definition) is 3. The standard InChI is InChI=1S/C30H25FN6/c31-22-14-12-19(13-15-22)28-34-29(37-36-28)26-17-24-23-10-4-5-11-25(23)33-27(24)30(35-26,20-7-2-1-3-8-20)21-9-6-16-32-18-21/h1-12,14-16,18-19,26,33,35H,13,17H2,(H,34,36,37). The second-order valence-electron chi connectivity index (χ2n) is 9.65. The van der Waals surface area contributed by atoms with Crippen LogP contribution in [0.4, 0.5) is 4.39 Å². The van der Waals surface area contributed by atoms with Crippen LogP contribution in [0.25, 0.3) is 10.9 Å². The van der Waals surface area contributed by atoms with Crippen molar-refractivity contribution in [1.82, 2.24) is 30.5 Å². The first-order chi connectivity index (χ1) is 18.2. The number of halogens is 1. The van der Waals surface area contributed by atoms with Gasteiger partial charge in [-0.1, -0.05) is 60.7 Å². The molecule has 5 aromatic rings. The van der Waals surface area contributed by atoms with E-state index in [1.165, 1.54) is 17.0 Å². The minimum atomic E-state index is -0.690. The van der Waals surface area contributed by atoms with E-state index in [0.717, 1.165) is 34.6 Å². The van der Waals surface area contributed by atoms with Crippen LogP contribution >= 0.6 is 0 Å². The highest BCUT2D eigenvalue weighted by Gasteiger charge is 2.46. The molecule has 0 saturated carbocycles. The van der Waals surface area contributed by atoms with Crippen molar-refractivity contribution in [2.75, 3.05) is 0 Å². The molecule has 0 spiro atoms.